The lowest BCUT2D eigenvalue weighted by Gasteiger charge is -2.07. The largest absolute Gasteiger partial charge is 0.487 e. The van der Waals surface area contributed by atoms with Gasteiger partial charge in [0.05, 0.1) is 10.6 Å². The molecule has 2 rings (SSSR count). The van der Waals surface area contributed by atoms with E-state index in [9.17, 15) is 17.2 Å². The van der Waals surface area contributed by atoms with Crippen LogP contribution < -0.4 is 10.5 Å². The van der Waals surface area contributed by atoms with E-state index >= 15 is 0 Å². The first-order chi connectivity index (χ1) is 11.4. The molecule has 0 saturated heterocycles. The Morgan fingerprint density at radius 2 is 1.68 bits per heavy atom. The third-order valence-corrected chi connectivity index (χ3v) is 4.87. The number of ether oxygens (including phenoxy) is 1. The molecule has 0 bridgehead atoms. The molecule has 0 saturated carbocycles. The average Bonchev–Trinajstić information content (AvgIpc) is 2.56. The zero-order chi connectivity index (χ0) is 17.6. The van der Waals surface area contributed by atoms with Crippen LogP contribution in [0.15, 0.2) is 65.3 Å². The first-order valence-corrected chi connectivity index (χ1v) is 8.80. The van der Waals surface area contributed by atoms with Gasteiger partial charge in [0.15, 0.2) is 9.84 Å². The molecule has 136 valence electrons. The number of nitrogens with two attached hydrogens (primary N) is 1. The van der Waals surface area contributed by atoms with Crippen LogP contribution in [0.3, 0.4) is 0 Å². The van der Waals surface area contributed by atoms with E-state index in [-0.39, 0.29) is 36.2 Å². The Hall–Kier alpha value is -1.96. The Kier molecular flexibility index (Phi) is 8.02. The zero-order valence-corrected chi connectivity index (χ0v) is 14.8. The van der Waals surface area contributed by atoms with Crippen molar-refractivity contribution >= 4 is 22.2 Å². The summed E-state index contributed by atoms with van der Waals surface area (Å²) in [5, 5.41) is 0. The van der Waals surface area contributed by atoms with E-state index in [2.05, 4.69) is 0 Å². The van der Waals surface area contributed by atoms with Gasteiger partial charge in [0, 0.05) is 6.54 Å². The Bertz CT molecular complexity index is 807. The lowest BCUT2D eigenvalue weighted by molar-refractivity contribution is 0.318. The van der Waals surface area contributed by atoms with Gasteiger partial charge in [-0.15, -0.1) is 12.4 Å². The normalized spacial score (nSPS) is 11.7. The third kappa shape index (κ3) is 6.45. The molecule has 0 amide bonds. The van der Waals surface area contributed by atoms with E-state index < -0.39 is 21.5 Å². The van der Waals surface area contributed by atoms with Gasteiger partial charge >= 0.3 is 0 Å². The summed E-state index contributed by atoms with van der Waals surface area (Å²) < 4.78 is 55.9. The Labute approximate surface area is 151 Å². The van der Waals surface area contributed by atoms with Crippen molar-refractivity contribution in [1.29, 1.82) is 0 Å². The highest BCUT2D eigenvalue weighted by Crippen LogP contribution is 2.20. The number of benzene rings is 2. The number of hydrogen-bond acceptors (Lipinski definition) is 4. The van der Waals surface area contributed by atoms with Gasteiger partial charge in [0.25, 0.3) is 0 Å². The molecule has 0 atom stereocenters. The summed E-state index contributed by atoms with van der Waals surface area (Å²) in [5.41, 5.74) is 5.67. The van der Waals surface area contributed by atoms with Gasteiger partial charge in [-0.1, -0.05) is 12.1 Å². The van der Waals surface area contributed by atoms with Crippen LogP contribution in [0.2, 0.25) is 0 Å². The molecule has 0 aliphatic carbocycles. The molecule has 0 spiro atoms. The quantitative estimate of drug-likeness (QED) is 0.787. The fourth-order valence-electron chi connectivity index (χ4n) is 1.97. The molecule has 2 N–H and O–H groups in total. The number of sulfone groups is 1. The number of hydrogen-bond donors (Lipinski definition) is 1. The highest BCUT2D eigenvalue weighted by atomic mass is 35.5. The lowest BCUT2D eigenvalue weighted by Crippen LogP contribution is -2.05. The minimum Gasteiger partial charge on any atom is -0.487 e. The van der Waals surface area contributed by atoms with Crippen LogP contribution in [0, 0.1) is 5.82 Å². The molecule has 25 heavy (non-hydrogen) atoms. The van der Waals surface area contributed by atoms with Gasteiger partial charge in [0.1, 0.15) is 24.0 Å². The van der Waals surface area contributed by atoms with Crippen molar-refractivity contribution in [2.24, 2.45) is 5.73 Å². The molecule has 0 radical (unpaired) electrons. The lowest BCUT2D eigenvalue weighted by atomic mass is 10.2. The van der Waals surface area contributed by atoms with E-state index in [4.69, 9.17) is 10.5 Å². The maximum absolute atomic E-state index is 13.2. The van der Waals surface area contributed by atoms with Gasteiger partial charge in [-0.3, -0.25) is 0 Å². The smallest absolute Gasteiger partial charge is 0.182 e. The van der Waals surface area contributed by atoms with Crippen molar-refractivity contribution in [1.82, 2.24) is 0 Å². The molecule has 0 aliphatic rings. The van der Waals surface area contributed by atoms with Crippen molar-refractivity contribution in [3.8, 4) is 5.75 Å². The van der Waals surface area contributed by atoms with Crippen molar-refractivity contribution in [2.45, 2.75) is 10.6 Å². The molecule has 0 fully saturated rings. The minimum absolute atomic E-state index is 0. The fraction of sp³-hybridized carbons (Fsp3) is 0.176. The molecule has 0 heterocycles. The highest BCUT2D eigenvalue weighted by molar-refractivity contribution is 7.90. The maximum atomic E-state index is 13.2. The van der Waals surface area contributed by atoms with E-state index in [1.807, 2.05) is 0 Å². The summed E-state index contributed by atoms with van der Waals surface area (Å²) in [5.74, 6) is -0.808. The molecule has 2 aromatic rings. The number of rotatable bonds is 7. The van der Waals surface area contributed by atoms with Crippen molar-refractivity contribution in [2.75, 3.05) is 13.2 Å². The van der Waals surface area contributed by atoms with Crippen molar-refractivity contribution in [3.63, 3.8) is 0 Å². The maximum Gasteiger partial charge on any atom is 0.182 e. The summed E-state index contributed by atoms with van der Waals surface area (Å²) in [6, 6.07) is 11.0. The first kappa shape index (κ1) is 21.1. The molecule has 0 aromatic heterocycles. The fourth-order valence-corrected chi connectivity index (χ4v) is 3.31. The SMILES string of the molecule is Cl.NC/C=C(/F)COc1ccc(S(=O)(=O)Cc2ccc(F)cc2)cc1. The van der Waals surface area contributed by atoms with Crippen molar-refractivity contribution in [3.05, 3.63) is 71.8 Å². The second-order valence-electron chi connectivity index (χ2n) is 5.03. The Morgan fingerprint density at radius 1 is 1.08 bits per heavy atom. The highest BCUT2D eigenvalue weighted by Gasteiger charge is 2.15. The molecular formula is C17H18ClF2NO3S. The second kappa shape index (κ2) is 9.50. The van der Waals surface area contributed by atoms with Crippen LogP contribution in [0.4, 0.5) is 8.78 Å². The van der Waals surface area contributed by atoms with Gasteiger partial charge in [0.2, 0.25) is 0 Å². The van der Waals surface area contributed by atoms with Gasteiger partial charge in [-0.05, 0) is 48.0 Å². The second-order valence-corrected chi connectivity index (χ2v) is 7.02. The molecule has 4 nitrogen and oxygen atoms in total. The van der Waals surface area contributed by atoms with Gasteiger partial charge in [-0.2, -0.15) is 0 Å². The van der Waals surface area contributed by atoms with E-state index in [1.165, 1.54) is 54.6 Å². The first-order valence-electron chi connectivity index (χ1n) is 7.15. The predicted octanol–water partition coefficient (Wildman–Crippen LogP) is 3.41. The molecular weight excluding hydrogens is 372 g/mol. The van der Waals surface area contributed by atoms with Gasteiger partial charge < -0.3 is 10.5 Å². The molecule has 2 aromatic carbocycles. The summed E-state index contributed by atoms with van der Waals surface area (Å²) in [6.07, 6.45) is 1.20. The molecule has 0 aliphatic heterocycles. The summed E-state index contributed by atoms with van der Waals surface area (Å²) in [6.45, 7) is -0.186. The van der Waals surface area contributed by atoms with Crippen molar-refractivity contribution < 1.29 is 21.9 Å². The predicted molar refractivity (Wildman–Crippen MR) is 94.7 cm³/mol. The molecule has 0 unspecified atom stereocenters. The van der Waals surface area contributed by atoms with Crippen LogP contribution in [0.5, 0.6) is 5.75 Å². The topological polar surface area (TPSA) is 69.4 Å². The van der Waals surface area contributed by atoms with Crippen LogP contribution >= 0.6 is 12.4 Å². The third-order valence-electron chi connectivity index (χ3n) is 3.17. The summed E-state index contributed by atoms with van der Waals surface area (Å²) in [7, 11) is -3.56. The minimum atomic E-state index is -3.56. The van der Waals surface area contributed by atoms with Gasteiger partial charge in [-0.25, -0.2) is 17.2 Å². The Morgan fingerprint density at radius 3 is 2.24 bits per heavy atom. The van der Waals surface area contributed by atoms with E-state index in [1.54, 1.807) is 0 Å². The standard InChI is InChI=1S/C17H17F2NO3S.ClH/c18-14-3-1-13(2-4-14)12-24(21,22)17-7-5-16(6-8-17)23-11-15(19)9-10-20;/h1-9H,10-12,20H2;1H/b15-9+;. The molecule has 8 heteroatoms. The van der Waals surface area contributed by atoms with Crippen LogP contribution in [0.1, 0.15) is 5.56 Å². The van der Waals surface area contributed by atoms with Crippen LogP contribution in [-0.2, 0) is 15.6 Å². The summed E-state index contributed by atoms with van der Waals surface area (Å²) >= 11 is 0. The average molecular weight is 390 g/mol. The van der Waals surface area contributed by atoms with Crippen LogP contribution in [0.25, 0.3) is 0 Å². The Balaban J connectivity index is 0.00000312. The number of halogens is 3. The van der Waals surface area contributed by atoms with E-state index in [0.717, 1.165) is 0 Å². The van der Waals surface area contributed by atoms with Crippen LogP contribution in [-0.4, -0.2) is 21.6 Å². The summed E-state index contributed by atoms with van der Waals surface area (Å²) in [4.78, 5) is 0.108. The monoisotopic (exact) mass is 389 g/mol. The zero-order valence-electron chi connectivity index (χ0n) is 13.2. The van der Waals surface area contributed by atoms with E-state index in [0.29, 0.717) is 11.3 Å².